The van der Waals surface area contributed by atoms with Gasteiger partial charge in [-0.25, -0.2) is 9.97 Å². The maximum absolute atomic E-state index is 4.33. The van der Waals surface area contributed by atoms with Gasteiger partial charge in [-0.2, -0.15) is 0 Å². The van der Waals surface area contributed by atoms with Gasteiger partial charge in [-0.05, 0) is 17.7 Å². The first-order chi connectivity index (χ1) is 9.42. The van der Waals surface area contributed by atoms with Crippen LogP contribution in [0.3, 0.4) is 0 Å². The second kappa shape index (κ2) is 5.31. The summed E-state index contributed by atoms with van der Waals surface area (Å²) in [4.78, 5) is 8.66. The zero-order chi connectivity index (χ0) is 12.9. The molecule has 0 bridgehead atoms. The molecule has 0 unspecified atom stereocenters. The van der Waals surface area contributed by atoms with Crippen LogP contribution in [0.5, 0.6) is 0 Å². The molecule has 1 N–H and O–H groups in total. The Labute approximate surface area is 112 Å². The van der Waals surface area contributed by atoms with Crippen molar-refractivity contribution in [2.75, 3.05) is 5.32 Å². The summed E-state index contributed by atoms with van der Waals surface area (Å²) in [6, 6.07) is 20.0. The lowest BCUT2D eigenvalue weighted by molar-refractivity contribution is 1.17. The summed E-state index contributed by atoms with van der Waals surface area (Å²) < 4.78 is 0. The molecule has 0 spiro atoms. The van der Waals surface area contributed by atoms with Crippen molar-refractivity contribution in [3.05, 3.63) is 73.1 Å². The zero-order valence-corrected chi connectivity index (χ0v) is 10.3. The van der Waals surface area contributed by atoms with Crippen molar-refractivity contribution in [2.24, 2.45) is 0 Å². The number of benzene rings is 2. The number of anilines is 2. The number of hydrogen-bond donors (Lipinski definition) is 1. The molecule has 0 saturated heterocycles. The normalized spacial score (nSPS) is 10.1. The highest BCUT2D eigenvalue weighted by Crippen LogP contribution is 2.18. The highest BCUT2D eigenvalue weighted by atomic mass is 15.1. The molecule has 0 aliphatic heterocycles. The van der Waals surface area contributed by atoms with Crippen molar-refractivity contribution >= 4 is 11.6 Å². The largest absolute Gasteiger partial charge is 0.324 e. The third-order valence-corrected chi connectivity index (χ3v) is 2.79. The van der Waals surface area contributed by atoms with E-state index >= 15 is 0 Å². The molecule has 3 heteroatoms. The minimum Gasteiger partial charge on any atom is -0.324 e. The van der Waals surface area contributed by atoms with Crippen LogP contribution in [0.1, 0.15) is 0 Å². The van der Waals surface area contributed by atoms with E-state index in [4.69, 9.17) is 0 Å². The lowest BCUT2D eigenvalue weighted by Crippen LogP contribution is -1.96. The number of rotatable bonds is 3. The van der Waals surface area contributed by atoms with E-state index < -0.39 is 0 Å². The van der Waals surface area contributed by atoms with Crippen molar-refractivity contribution in [3.8, 4) is 11.1 Å². The molecule has 2 aromatic carbocycles. The number of para-hydroxylation sites is 1. The lowest BCUT2D eigenvalue weighted by Gasteiger charge is -2.05. The molecule has 1 heterocycles. The molecule has 3 aromatic rings. The van der Waals surface area contributed by atoms with Crippen molar-refractivity contribution in [3.63, 3.8) is 0 Å². The summed E-state index contributed by atoms with van der Waals surface area (Å²) in [6.07, 6.45) is 3.65. The van der Waals surface area contributed by atoms with Crippen molar-refractivity contribution in [1.82, 2.24) is 9.97 Å². The van der Waals surface area contributed by atoms with Crippen LogP contribution in [0.4, 0.5) is 11.6 Å². The first-order valence-corrected chi connectivity index (χ1v) is 6.11. The number of nitrogens with zero attached hydrogens (tertiary/aromatic N) is 2. The highest BCUT2D eigenvalue weighted by molar-refractivity contribution is 5.62. The second-order valence-electron chi connectivity index (χ2n) is 4.15. The Kier molecular flexibility index (Phi) is 3.19. The Bertz CT molecular complexity index is 634. The topological polar surface area (TPSA) is 37.8 Å². The monoisotopic (exact) mass is 247 g/mol. The van der Waals surface area contributed by atoms with Gasteiger partial charge < -0.3 is 5.32 Å². The maximum atomic E-state index is 4.33. The molecular weight excluding hydrogens is 234 g/mol. The van der Waals surface area contributed by atoms with E-state index in [0.717, 1.165) is 16.8 Å². The van der Waals surface area contributed by atoms with Crippen molar-refractivity contribution in [1.29, 1.82) is 0 Å². The fraction of sp³-hybridized carbons (Fsp3) is 0. The van der Waals surface area contributed by atoms with Gasteiger partial charge in [-0.1, -0.05) is 48.5 Å². The third-order valence-electron chi connectivity index (χ3n) is 2.79. The Balaban J connectivity index is 1.80. The van der Waals surface area contributed by atoms with E-state index in [1.54, 1.807) is 0 Å². The van der Waals surface area contributed by atoms with Crippen LogP contribution in [0.2, 0.25) is 0 Å². The third kappa shape index (κ3) is 2.77. The second-order valence-corrected chi connectivity index (χ2v) is 4.15. The van der Waals surface area contributed by atoms with E-state index in [9.17, 15) is 0 Å². The summed E-state index contributed by atoms with van der Waals surface area (Å²) in [5.74, 6) is 0.603. The van der Waals surface area contributed by atoms with Gasteiger partial charge in [0.05, 0.1) is 0 Å². The summed E-state index contributed by atoms with van der Waals surface area (Å²) in [7, 11) is 0. The fourth-order valence-corrected chi connectivity index (χ4v) is 1.82. The van der Waals surface area contributed by atoms with Gasteiger partial charge >= 0.3 is 0 Å². The summed E-state index contributed by atoms with van der Waals surface area (Å²) >= 11 is 0. The maximum Gasteiger partial charge on any atom is 0.227 e. The smallest absolute Gasteiger partial charge is 0.227 e. The summed E-state index contributed by atoms with van der Waals surface area (Å²) in [6.45, 7) is 0. The van der Waals surface area contributed by atoms with Crippen LogP contribution in [0.15, 0.2) is 73.1 Å². The molecule has 0 aliphatic rings. The minimum absolute atomic E-state index is 0.603. The molecule has 3 rings (SSSR count). The molecule has 0 saturated carbocycles. The standard InChI is InChI=1S/C16H13N3/c1-3-7-13(8-4-1)14-11-17-16(18-12-14)19-15-9-5-2-6-10-15/h1-12H,(H,17,18,19). The molecule has 0 aliphatic carbocycles. The fourth-order valence-electron chi connectivity index (χ4n) is 1.82. The van der Waals surface area contributed by atoms with E-state index in [1.807, 2.05) is 73.1 Å². The molecule has 1 aromatic heterocycles. The van der Waals surface area contributed by atoms with Gasteiger partial charge in [0.25, 0.3) is 0 Å². The SMILES string of the molecule is c1ccc(Nc2ncc(-c3ccccc3)cn2)cc1. The Morgan fingerprint density at radius 1 is 0.632 bits per heavy atom. The van der Waals surface area contributed by atoms with Gasteiger partial charge in [-0.3, -0.25) is 0 Å². The van der Waals surface area contributed by atoms with Crippen LogP contribution < -0.4 is 5.32 Å². The molecule has 3 nitrogen and oxygen atoms in total. The van der Waals surface area contributed by atoms with E-state index in [-0.39, 0.29) is 0 Å². The molecule has 92 valence electrons. The Morgan fingerprint density at radius 2 is 1.21 bits per heavy atom. The molecular formula is C16H13N3. The van der Waals surface area contributed by atoms with Crippen LogP contribution in [0, 0.1) is 0 Å². The molecule has 0 fully saturated rings. The van der Waals surface area contributed by atoms with Crippen molar-refractivity contribution < 1.29 is 0 Å². The Morgan fingerprint density at radius 3 is 1.84 bits per heavy atom. The zero-order valence-electron chi connectivity index (χ0n) is 10.3. The van der Waals surface area contributed by atoms with E-state index in [0.29, 0.717) is 5.95 Å². The molecule has 0 atom stereocenters. The van der Waals surface area contributed by atoms with Crippen LogP contribution in [-0.4, -0.2) is 9.97 Å². The molecule has 0 amide bonds. The summed E-state index contributed by atoms with van der Waals surface area (Å²) in [5.41, 5.74) is 3.11. The van der Waals surface area contributed by atoms with Gasteiger partial charge in [0.2, 0.25) is 5.95 Å². The first-order valence-electron chi connectivity index (χ1n) is 6.11. The molecule has 0 radical (unpaired) electrons. The quantitative estimate of drug-likeness (QED) is 0.763. The van der Waals surface area contributed by atoms with Crippen LogP contribution >= 0.6 is 0 Å². The van der Waals surface area contributed by atoms with Gasteiger partial charge in [0.1, 0.15) is 0 Å². The Hall–Kier alpha value is -2.68. The van der Waals surface area contributed by atoms with Gasteiger partial charge in [0, 0.05) is 23.6 Å². The van der Waals surface area contributed by atoms with Crippen LogP contribution in [-0.2, 0) is 0 Å². The van der Waals surface area contributed by atoms with E-state index in [2.05, 4.69) is 15.3 Å². The van der Waals surface area contributed by atoms with Crippen LogP contribution in [0.25, 0.3) is 11.1 Å². The highest BCUT2D eigenvalue weighted by Gasteiger charge is 2.00. The summed E-state index contributed by atoms with van der Waals surface area (Å²) in [5, 5.41) is 3.16. The average molecular weight is 247 g/mol. The average Bonchev–Trinajstić information content (AvgIpc) is 2.50. The first kappa shape index (κ1) is 11.4. The lowest BCUT2D eigenvalue weighted by atomic mass is 10.1. The van der Waals surface area contributed by atoms with Gasteiger partial charge in [-0.15, -0.1) is 0 Å². The predicted molar refractivity (Wildman–Crippen MR) is 77.2 cm³/mol. The minimum atomic E-state index is 0.603. The van der Waals surface area contributed by atoms with Crippen molar-refractivity contribution in [2.45, 2.75) is 0 Å². The number of aromatic nitrogens is 2. The van der Waals surface area contributed by atoms with E-state index in [1.165, 1.54) is 0 Å². The van der Waals surface area contributed by atoms with Gasteiger partial charge in [0.15, 0.2) is 0 Å². The predicted octanol–water partition coefficient (Wildman–Crippen LogP) is 3.89. The number of nitrogens with one attached hydrogen (secondary N) is 1. The molecule has 19 heavy (non-hydrogen) atoms. The number of hydrogen-bond acceptors (Lipinski definition) is 3.